The zero-order valence-corrected chi connectivity index (χ0v) is 12.4. The Labute approximate surface area is 125 Å². The van der Waals surface area contributed by atoms with Crippen LogP contribution in [0.1, 0.15) is 31.4 Å². The van der Waals surface area contributed by atoms with E-state index in [4.69, 9.17) is 5.26 Å². The van der Waals surface area contributed by atoms with Crippen molar-refractivity contribution in [3.05, 3.63) is 65.5 Å². The van der Waals surface area contributed by atoms with Crippen molar-refractivity contribution in [2.45, 2.75) is 32.2 Å². The lowest BCUT2D eigenvalue weighted by molar-refractivity contribution is 0.518. The molecule has 2 nitrogen and oxygen atoms in total. The van der Waals surface area contributed by atoms with Gasteiger partial charge in [-0.05, 0) is 50.5 Å². The number of anilines is 1. The van der Waals surface area contributed by atoms with Crippen LogP contribution in [0.25, 0.3) is 0 Å². The Morgan fingerprint density at radius 3 is 2.48 bits per heavy atom. The molecule has 0 unspecified atom stereocenters. The van der Waals surface area contributed by atoms with Gasteiger partial charge in [-0.3, -0.25) is 0 Å². The predicted octanol–water partition coefficient (Wildman–Crippen LogP) is 4.52. The van der Waals surface area contributed by atoms with Gasteiger partial charge in [-0.2, -0.15) is 5.26 Å². The summed E-state index contributed by atoms with van der Waals surface area (Å²) in [4.78, 5) is 0. The molecule has 0 fully saturated rings. The van der Waals surface area contributed by atoms with Crippen molar-refractivity contribution in [1.82, 2.24) is 0 Å². The zero-order chi connectivity index (χ0) is 15.3. The third-order valence-corrected chi connectivity index (χ3v) is 3.45. The molecule has 0 aliphatic rings. The van der Waals surface area contributed by atoms with E-state index in [1.165, 1.54) is 17.7 Å². The van der Waals surface area contributed by atoms with Crippen LogP contribution in [0.15, 0.2) is 48.5 Å². The standard InChI is InChI=1S/C18H19FN2/c1-18(2,11-10-14-6-4-3-5-7-14)21-16-9-8-15(13-20)17(19)12-16/h3-9,12,21H,10-11H2,1-2H3. The highest BCUT2D eigenvalue weighted by atomic mass is 19.1. The first-order valence-electron chi connectivity index (χ1n) is 7.02. The van der Waals surface area contributed by atoms with Gasteiger partial charge in [0.1, 0.15) is 11.9 Å². The minimum Gasteiger partial charge on any atom is -0.380 e. The number of rotatable bonds is 5. The first-order valence-corrected chi connectivity index (χ1v) is 7.02. The van der Waals surface area contributed by atoms with Gasteiger partial charge in [0.2, 0.25) is 0 Å². The van der Waals surface area contributed by atoms with Crippen molar-refractivity contribution < 1.29 is 4.39 Å². The topological polar surface area (TPSA) is 35.8 Å². The third-order valence-electron chi connectivity index (χ3n) is 3.45. The van der Waals surface area contributed by atoms with Crippen LogP contribution >= 0.6 is 0 Å². The van der Waals surface area contributed by atoms with Gasteiger partial charge in [-0.1, -0.05) is 30.3 Å². The van der Waals surface area contributed by atoms with Crippen LogP contribution in [0.2, 0.25) is 0 Å². The Morgan fingerprint density at radius 1 is 1.14 bits per heavy atom. The fourth-order valence-corrected chi connectivity index (χ4v) is 2.24. The van der Waals surface area contributed by atoms with Gasteiger partial charge in [-0.25, -0.2) is 4.39 Å². The van der Waals surface area contributed by atoms with Gasteiger partial charge in [-0.15, -0.1) is 0 Å². The molecule has 1 N–H and O–H groups in total. The highest BCUT2D eigenvalue weighted by molar-refractivity contribution is 5.49. The Bertz CT molecular complexity index is 642. The molecule has 0 saturated carbocycles. The third kappa shape index (κ3) is 4.32. The Hall–Kier alpha value is -2.34. The van der Waals surface area contributed by atoms with Crippen LogP contribution in [0.4, 0.5) is 10.1 Å². The molecule has 0 spiro atoms. The van der Waals surface area contributed by atoms with Crippen molar-refractivity contribution in [1.29, 1.82) is 5.26 Å². The molecule has 0 heterocycles. The second kappa shape index (κ2) is 6.41. The summed E-state index contributed by atoms with van der Waals surface area (Å²) in [6.45, 7) is 4.18. The van der Waals surface area contributed by atoms with Gasteiger partial charge in [0.25, 0.3) is 0 Å². The number of hydrogen-bond acceptors (Lipinski definition) is 2. The molecule has 108 valence electrons. The van der Waals surface area contributed by atoms with Crippen molar-refractivity contribution in [2.24, 2.45) is 0 Å². The first kappa shape index (κ1) is 15.1. The molecule has 0 atom stereocenters. The molecule has 2 aromatic carbocycles. The second-order valence-electron chi connectivity index (χ2n) is 5.80. The van der Waals surface area contributed by atoms with Crippen molar-refractivity contribution in [2.75, 3.05) is 5.32 Å². The molecule has 0 aromatic heterocycles. The van der Waals surface area contributed by atoms with Crippen molar-refractivity contribution >= 4 is 5.69 Å². The summed E-state index contributed by atoms with van der Waals surface area (Å²) < 4.78 is 13.6. The number of aryl methyl sites for hydroxylation is 1. The number of nitrogens with zero attached hydrogens (tertiary/aromatic N) is 1. The monoisotopic (exact) mass is 282 g/mol. The van der Waals surface area contributed by atoms with Gasteiger partial charge < -0.3 is 5.32 Å². The van der Waals surface area contributed by atoms with E-state index in [1.807, 2.05) is 24.3 Å². The highest BCUT2D eigenvalue weighted by Gasteiger charge is 2.17. The number of benzene rings is 2. The van der Waals surface area contributed by atoms with Crippen LogP contribution in [-0.4, -0.2) is 5.54 Å². The van der Waals surface area contributed by atoms with Crippen molar-refractivity contribution in [3.63, 3.8) is 0 Å². The Kier molecular flexibility index (Phi) is 4.59. The fraction of sp³-hybridized carbons (Fsp3) is 0.278. The van der Waals surface area contributed by atoms with Crippen LogP contribution in [0, 0.1) is 17.1 Å². The van der Waals surface area contributed by atoms with Gasteiger partial charge in [0, 0.05) is 11.2 Å². The maximum absolute atomic E-state index is 13.6. The van der Waals surface area contributed by atoms with E-state index < -0.39 is 5.82 Å². The summed E-state index contributed by atoms with van der Waals surface area (Å²) in [5, 5.41) is 12.1. The maximum Gasteiger partial charge on any atom is 0.143 e. The lowest BCUT2D eigenvalue weighted by atomic mass is 9.95. The van der Waals surface area contributed by atoms with Crippen LogP contribution in [0.5, 0.6) is 0 Å². The van der Waals surface area contributed by atoms with E-state index >= 15 is 0 Å². The molecule has 0 amide bonds. The smallest absolute Gasteiger partial charge is 0.143 e. The van der Waals surface area contributed by atoms with Crippen LogP contribution in [-0.2, 0) is 6.42 Å². The van der Waals surface area contributed by atoms with E-state index in [-0.39, 0.29) is 11.1 Å². The average molecular weight is 282 g/mol. The molecule has 2 rings (SSSR count). The molecule has 21 heavy (non-hydrogen) atoms. The number of nitriles is 1. The van der Waals surface area contributed by atoms with Crippen LogP contribution in [0.3, 0.4) is 0 Å². The minimum absolute atomic E-state index is 0.0719. The molecular weight excluding hydrogens is 263 g/mol. The minimum atomic E-state index is -0.485. The van der Waals surface area contributed by atoms with E-state index in [1.54, 1.807) is 6.07 Å². The van der Waals surface area contributed by atoms with Crippen molar-refractivity contribution in [3.8, 4) is 6.07 Å². The SMILES string of the molecule is CC(C)(CCc1ccccc1)Nc1ccc(C#N)c(F)c1. The normalized spacial score (nSPS) is 11.0. The molecule has 0 aliphatic carbocycles. The van der Waals surface area contributed by atoms with Gasteiger partial charge in [0.05, 0.1) is 5.56 Å². The number of halogens is 1. The average Bonchev–Trinajstić information content (AvgIpc) is 2.46. The molecule has 0 aliphatic heterocycles. The Morgan fingerprint density at radius 2 is 1.86 bits per heavy atom. The first-order chi connectivity index (χ1) is 10.00. The summed E-state index contributed by atoms with van der Waals surface area (Å²) >= 11 is 0. The van der Waals surface area contributed by atoms with E-state index in [9.17, 15) is 4.39 Å². The lowest BCUT2D eigenvalue weighted by Gasteiger charge is -2.28. The van der Waals surface area contributed by atoms with E-state index in [0.717, 1.165) is 12.8 Å². The number of nitrogens with one attached hydrogen (secondary N) is 1. The molecule has 3 heteroatoms. The largest absolute Gasteiger partial charge is 0.380 e. The molecule has 0 bridgehead atoms. The van der Waals surface area contributed by atoms with Crippen LogP contribution < -0.4 is 5.32 Å². The van der Waals surface area contributed by atoms with Gasteiger partial charge in [0.15, 0.2) is 0 Å². The fourth-order valence-electron chi connectivity index (χ4n) is 2.24. The molecular formula is C18H19FN2. The predicted molar refractivity (Wildman–Crippen MR) is 83.6 cm³/mol. The lowest BCUT2D eigenvalue weighted by Crippen LogP contribution is -2.31. The van der Waals surface area contributed by atoms with E-state index in [2.05, 4.69) is 31.3 Å². The summed E-state index contributed by atoms with van der Waals surface area (Å²) in [6, 6.07) is 16.7. The summed E-state index contributed by atoms with van der Waals surface area (Å²) in [5.41, 5.74) is 1.90. The molecule has 2 aromatic rings. The second-order valence-corrected chi connectivity index (χ2v) is 5.80. The quantitative estimate of drug-likeness (QED) is 0.875. The van der Waals surface area contributed by atoms with Gasteiger partial charge >= 0.3 is 0 Å². The molecule has 0 saturated heterocycles. The molecule has 0 radical (unpaired) electrons. The summed E-state index contributed by atoms with van der Waals surface area (Å²) in [7, 11) is 0. The summed E-state index contributed by atoms with van der Waals surface area (Å²) in [6.07, 6.45) is 1.89. The maximum atomic E-state index is 13.6. The number of hydrogen-bond donors (Lipinski definition) is 1. The van der Waals surface area contributed by atoms with E-state index in [0.29, 0.717) is 5.69 Å². The zero-order valence-electron chi connectivity index (χ0n) is 12.4. The highest BCUT2D eigenvalue weighted by Crippen LogP contribution is 2.22. The summed E-state index contributed by atoms with van der Waals surface area (Å²) in [5.74, 6) is -0.485. The Balaban J connectivity index is 2.00.